The maximum Gasteiger partial charge on any atom is 0.389 e. The summed E-state index contributed by atoms with van der Waals surface area (Å²) in [7, 11) is -3.92. The molecule has 1 amide bonds. The SMILES string of the molecule is Cl.N[C@H]1CS(=O)(=O)c2ccc(C(=O)CCCCC(F)(F)F)cc2N(Cc2ccc(Cl)cc2)C1=O. The third-order valence-corrected chi connectivity index (χ3v) is 7.32. The van der Waals surface area contributed by atoms with Crippen LogP contribution in [0.25, 0.3) is 0 Å². The number of ketones is 1. The number of nitrogens with two attached hydrogens (primary N) is 1. The quantitative estimate of drug-likeness (QED) is 0.406. The van der Waals surface area contributed by atoms with Crippen molar-refractivity contribution in [2.45, 2.75) is 49.3 Å². The van der Waals surface area contributed by atoms with Crippen LogP contribution in [0.4, 0.5) is 18.9 Å². The van der Waals surface area contributed by atoms with Gasteiger partial charge in [-0.25, -0.2) is 8.42 Å². The molecule has 2 aromatic rings. The van der Waals surface area contributed by atoms with Gasteiger partial charge in [0.15, 0.2) is 15.6 Å². The zero-order valence-electron chi connectivity index (χ0n) is 17.8. The first kappa shape index (κ1) is 28.1. The molecule has 1 aliphatic rings. The first-order chi connectivity index (χ1) is 15.4. The average Bonchev–Trinajstić information content (AvgIpc) is 2.80. The van der Waals surface area contributed by atoms with Gasteiger partial charge in [0, 0.05) is 23.4 Å². The van der Waals surface area contributed by atoms with E-state index in [1.54, 1.807) is 24.3 Å². The Morgan fingerprint density at radius 1 is 1.12 bits per heavy atom. The molecular weight excluding hydrogens is 516 g/mol. The number of hydrogen-bond acceptors (Lipinski definition) is 5. The fourth-order valence-corrected chi connectivity index (χ4v) is 5.26. The molecule has 34 heavy (non-hydrogen) atoms. The van der Waals surface area contributed by atoms with Gasteiger partial charge in [0.1, 0.15) is 0 Å². The number of fused-ring (bicyclic) bond motifs is 1. The first-order valence-corrected chi connectivity index (χ1v) is 12.2. The maximum absolute atomic E-state index is 13.0. The molecule has 0 unspecified atom stereocenters. The first-order valence-electron chi connectivity index (χ1n) is 10.2. The van der Waals surface area contributed by atoms with Crippen molar-refractivity contribution in [3.05, 3.63) is 58.6 Å². The van der Waals surface area contributed by atoms with Crippen LogP contribution in [0.15, 0.2) is 47.4 Å². The van der Waals surface area contributed by atoms with Crippen LogP contribution in [-0.2, 0) is 21.2 Å². The monoisotopic (exact) mass is 538 g/mol. The second kappa shape index (κ2) is 11.1. The van der Waals surface area contributed by atoms with Crippen molar-refractivity contribution in [2.75, 3.05) is 10.7 Å². The van der Waals surface area contributed by atoms with E-state index in [2.05, 4.69) is 0 Å². The van der Waals surface area contributed by atoms with E-state index in [4.69, 9.17) is 17.3 Å². The van der Waals surface area contributed by atoms with Crippen molar-refractivity contribution in [3.8, 4) is 0 Å². The molecule has 0 aliphatic carbocycles. The summed E-state index contributed by atoms with van der Waals surface area (Å²) in [5, 5.41) is 0.485. The Bertz CT molecular complexity index is 1160. The lowest BCUT2D eigenvalue weighted by Gasteiger charge is -2.24. The van der Waals surface area contributed by atoms with Crippen LogP contribution in [0.2, 0.25) is 5.02 Å². The van der Waals surface area contributed by atoms with E-state index in [1.165, 1.54) is 23.1 Å². The van der Waals surface area contributed by atoms with E-state index in [0.29, 0.717) is 10.6 Å². The second-order valence-corrected chi connectivity index (χ2v) is 10.3. The van der Waals surface area contributed by atoms with Crippen molar-refractivity contribution < 1.29 is 31.2 Å². The van der Waals surface area contributed by atoms with E-state index < -0.39 is 45.9 Å². The molecule has 1 heterocycles. The number of benzene rings is 2. The predicted octanol–water partition coefficient (Wildman–Crippen LogP) is 4.72. The van der Waals surface area contributed by atoms with Crippen LogP contribution in [0.5, 0.6) is 0 Å². The molecule has 0 aromatic heterocycles. The van der Waals surface area contributed by atoms with E-state index in [9.17, 15) is 31.2 Å². The van der Waals surface area contributed by atoms with Crippen molar-refractivity contribution in [1.29, 1.82) is 0 Å². The molecule has 0 radical (unpaired) electrons. The smallest absolute Gasteiger partial charge is 0.319 e. The van der Waals surface area contributed by atoms with Crippen LogP contribution in [-0.4, -0.2) is 38.1 Å². The lowest BCUT2D eigenvalue weighted by molar-refractivity contribution is -0.135. The van der Waals surface area contributed by atoms with Gasteiger partial charge in [-0.1, -0.05) is 23.7 Å². The lowest BCUT2D eigenvalue weighted by atomic mass is 10.0. The summed E-state index contributed by atoms with van der Waals surface area (Å²) in [5.41, 5.74) is 6.66. The molecule has 0 saturated heterocycles. The van der Waals surface area contributed by atoms with Gasteiger partial charge in [0.25, 0.3) is 0 Å². The highest BCUT2D eigenvalue weighted by molar-refractivity contribution is 7.91. The zero-order valence-corrected chi connectivity index (χ0v) is 20.2. The molecule has 0 bridgehead atoms. The number of carbonyl (C=O) groups excluding carboxylic acids is 2. The minimum atomic E-state index is -4.29. The number of alkyl halides is 3. The number of Topliss-reactive ketones (excluding diaryl/α,β-unsaturated/α-hetero) is 1. The number of hydrogen-bond donors (Lipinski definition) is 1. The highest BCUT2D eigenvalue weighted by Gasteiger charge is 2.36. The Morgan fingerprint density at radius 2 is 1.76 bits per heavy atom. The standard InChI is InChI=1S/C22H22ClF3N2O4S.ClH/c23-16-7-4-14(5-8-16)12-28-18-11-15(19(29)3-1-2-10-22(24,25)26)6-9-20(18)33(31,32)13-17(27)21(28)30;/h4-9,11,17H,1-3,10,12-13,27H2;1H/t17-;/m0./s1. The molecule has 2 aromatic carbocycles. The van der Waals surface area contributed by atoms with Gasteiger partial charge in [-0.05, 0) is 48.7 Å². The van der Waals surface area contributed by atoms with E-state index >= 15 is 0 Å². The summed E-state index contributed by atoms with van der Waals surface area (Å²) >= 11 is 5.90. The van der Waals surface area contributed by atoms with Gasteiger partial charge >= 0.3 is 6.18 Å². The van der Waals surface area contributed by atoms with Gasteiger partial charge in [-0.3, -0.25) is 9.59 Å². The predicted molar refractivity (Wildman–Crippen MR) is 125 cm³/mol. The zero-order chi connectivity index (χ0) is 24.4. The maximum atomic E-state index is 13.0. The Kier molecular flexibility index (Phi) is 9.15. The average molecular weight is 539 g/mol. The molecule has 0 saturated carbocycles. The van der Waals surface area contributed by atoms with Gasteiger partial charge < -0.3 is 10.6 Å². The minimum absolute atomic E-state index is 0. The summed E-state index contributed by atoms with van der Waals surface area (Å²) in [6, 6.07) is 9.15. The van der Waals surface area contributed by atoms with Gasteiger partial charge in [-0.2, -0.15) is 13.2 Å². The second-order valence-electron chi connectivity index (χ2n) is 7.87. The molecule has 0 spiro atoms. The van der Waals surface area contributed by atoms with Crippen LogP contribution in [0.1, 0.15) is 41.6 Å². The van der Waals surface area contributed by atoms with Crippen LogP contribution in [0.3, 0.4) is 0 Å². The number of amides is 1. The topological polar surface area (TPSA) is 97.5 Å². The van der Waals surface area contributed by atoms with Gasteiger partial charge in [0.05, 0.1) is 28.9 Å². The Balaban J connectivity index is 0.00000408. The molecule has 2 N–H and O–H groups in total. The van der Waals surface area contributed by atoms with E-state index in [-0.39, 0.29) is 54.4 Å². The molecule has 12 heteroatoms. The summed E-state index contributed by atoms with van der Waals surface area (Å²) < 4.78 is 62.6. The molecule has 1 atom stereocenters. The molecule has 6 nitrogen and oxygen atoms in total. The fourth-order valence-electron chi connectivity index (χ4n) is 3.57. The van der Waals surface area contributed by atoms with Gasteiger partial charge in [-0.15, -0.1) is 12.4 Å². The largest absolute Gasteiger partial charge is 0.389 e. The van der Waals surface area contributed by atoms with Crippen LogP contribution in [0, 0.1) is 0 Å². The molecular formula is C22H23Cl2F3N2O4S. The highest BCUT2D eigenvalue weighted by Crippen LogP contribution is 2.33. The highest BCUT2D eigenvalue weighted by atomic mass is 35.5. The van der Waals surface area contributed by atoms with Crippen LogP contribution < -0.4 is 10.6 Å². The normalized spacial score (nSPS) is 17.5. The number of anilines is 1. The van der Waals surface area contributed by atoms with Crippen LogP contribution >= 0.6 is 24.0 Å². The number of unbranched alkanes of at least 4 members (excludes halogenated alkanes) is 1. The van der Waals surface area contributed by atoms with E-state index in [1.807, 2.05) is 0 Å². The molecule has 0 fully saturated rings. The summed E-state index contributed by atoms with van der Waals surface area (Å²) in [4.78, 5) is 26.6. The fraction of sp³-hybridized carbons (Fsp3) is 0.364. The van der Waals surface area contributed by atoms with Crippen molar-refractivity contribution >= 4 is 51.2 Å². The molecule has 1 aliphatic heterocycles. The lowest BCUT2D eigenvalue weighted by Crippen LogP contribution is -2.45. The Morgan fingerprint density at radius 3 is 2.38 bits per heavy atom. The van der Waals surface area contributed by atoms with Crippen molar-refractivity contribution in [3.63, 3.8) is 0 Å². The number of carbonyl (C=O) groups is 2. The number of rotatable bonds is 7. The Hall–Kier alpha value is -2.14. The number of nitrogens with zero attached hydrogens (tertiary/aromatic N) is 1. The van der Waals surface area contributed by atoms with Gasteiger partial charge in [0.2, 0.25) is 5.91 Å². The third-order valence-electron chi connectivity index (χ3n) is 5.26. The minimum Gasteiger partial charge on any atom is -0.319 e. The summed E-state index contributed by atoms with van der Waals surface area (Å²) in [5.74, 6) is -1.65. The molecule has 186 valence electrons. The summed E-state index contributed by atoms with van der Waals surface area (Å²) in [6.07, 6.45) is -5.56. The number of sulfone groups is 1. The third kappa shape index (κ3) is 6.94. The number of halogens is 5. The van der Waals surface area contributed by atoms with E-state index in [0.717, 1.165) is 0 Å². The Labute approximate surface area is 206 Å². The molecule has 3 rings (SSSR count). The van der Waals surface area contributed by atoms with Crippen molar-refractivity contribution in [1.82, 2.24) is 0 Å². The summed E-state index contributed by atoms with van der Waals surface area (Å²) in [6.45, 7) is -0.00452. The van der Waals surface area contributed by atoms with Crippen molar-refractivity contribution in [2.24, 2.45) is 5.73 Å².